The summed E-state index contributed by atoms with van der Waals surface area (Å²) < 4.78 is 19.8. The van der Waals surface area contributed by atoms with Gasteiger partial charge in [0.1, 0.15) is 17.5 Å². The van der Waals surface area contributed by atoms with Crippen LogP contribution in [0, 0.1) is 17.1 Å². The molecule has 0 fully saturated rings. The molecule has 0 bridgehead atoms. The number of carbonyl (C=O) groups is 1. The van der Waals surface area contributed by atoms with Crippen LogP contribution < -0.4 is 4.90 Å². The number of benzene rings is 1. The number of anilines is 1. The van der Waals surface area contributed by atoms with Crippen molar-refractivity contribution in [3.05, 3.63) is 71.8 Å². The molecule has 0 saturated carbocycles. The third-order valence-electron chi connectivity index (χ3n) is 4.88. The molecule has 0 aliphatic rings. The van der Waals surface area contributed by atoms with Crippen LogP contribution in [0.5, 0.6) is 0 Å². The third kappa shape index (κ3) is 5.89. The van der Waals surface area contributed by atoms with Gasteiger partial charge in [-0.25, -0.2) is 9.18 Å². The number of amides is 1. The zero-order valence-corrected chi connectivity index (χ0v) is 19.3. The maximum atomic E-state index is 14.2. The molecule has 7 nitrogen and oxygen atoms in total. The van der Waals surface area contributed by atoms with Crippen LogP contribution in [0.3, 0.4) is 0 Å². The van der Waals surface area contributed by atoms with Gasteiger partial charge in [-0.3, -0.25) is 9.88 Å². The van der Waals surface area contributed by atoms with E-state index in [1.54, 1.807) is 51.1 Å². The molecule has 3 rings (SSSR count). The number of hydrogen-bond acceptors (Lipinski definition) is 6. The molecule has 0 aliphatic heterocycles. The van der Waals surface area contributed by atoms with Crippen LogP contribution in [0.25, 0.3) is 11.3 Å². The van der Waals surface area contributed by atoms with Crippen LogP contribution in [0.4, 0.5) is 15.0 Å². The van der Waals surface area contributed by atoms with Crippen molar-refractivity contribution in [3.63, 3.8) is 0 Å². The van der Waals surface area contributed by atoms with Crippen LogP contribution in [-0.4, -0.2) is 33.4 Å². The third-order valence-corrected chi connectivity index (χ3v) is 4.88. The molecule has 170 valence electrons. The van der Waals surface area contributed by atoms with Crippen molar-refractivity contribution in [2.45, 2.75) is 45.6 Å². The molecule has 0 atom stereocenters. The minimum atomic E-state index is -0.699. The van der Waals surface area contributed by atoms with Gasteiger partial charge in [0, 0.05) is 29.9 Å². The van der Waals surface area contributed by atoms with Gasteiger partial charge in [0.25, 0.3) is 0 Å². The number of nitrogens with zero attached hydrogens (tertiary/aromatic N) is 5. The molecule has 8 heteroatoms. The van der Waals surface area contributed by atoms with Crippen molar-refractivity contribution in [3.8, 4) is 17.3 Å². The number of rotatable bonds is 5. The van der Waals surface area contributed by atoms with Crippen molar-refractivity contribution >= 4 is 11.9 Å². The smallest absolute Gasteiger partial charge is 0.416 e. The molecule has 1 amide bonds. The average molecular weight is 448 g/mol. The first-order valence-electron chi connectivity index (χ1n) is 10.4. The molecule has 3 aromatic rings. The summed E-state index contributed by atoms with van der Waals surface area (Å²) >= 11 is 0. The first-order valence-corrected chi connectivity index (χ1v) is 10.4. The number of ether oxygens (including phenoxy) is 1. The number of pyridine rings is 1. The topological polar surface area (TPSA) is 92.0 Å². The number of carbonyl (C=O) groups excluding carboxylic acids is 1. The summed E-state index contributed by atoms with van der Waals surface area (Å²) in [5.41, 5.74) is 0.934. The zero-order valence-electron chi connectivity index (χ0n) is 19.3. The number of hydrogen-bond donors (Lipinski definition) is 0. The highest BCUT2D eigenvalue weighted by Gasteiger charge is 2.33. The summed E-state index contributed by atoms with van der Waals surface area (Å²) in [6.07, 6.45) is 2.41. The van der Waals surface area contributed by atoms with E-state index < -0.39 is 22.9 Å². The molecule has 0 aliphatic carbocycles. The largest absolute Gasteiger partial charge is 0.443 e. The van der Waals surface area contributed by atoms with Gasteiger partial charge in [0.15, 0.2) is 5.82 Å². The molecular weight excluding hydrogens is 421 g/mol. The van der Waals surface area contributed by atoms with E-state index in [4.69, 9.17) is 10.00 Å². The van der Waals surface area contributed by atoms with Crippen molar-refractivity contribution in [2.24, 2.45) is 0 Å². The fraction of sp³-hybridized carbons (Fsp3) is 0.320. The Kier molecular flexibility index (Phi) is 6.73. The Labute approximate surface area is 192 Å². The minimum absolute atomic E-state index is 0.190. The number of nitriles is 1. The Morgan fingerprint density at radius 3 is 2.48 bits per heavy atom. The molecule has 0 radical (unpaired) electrons. The average Bonchev–Trinajstić information content (AvgIpc) is 2.76. The lowest BCUT2D eigenvalue weighted by atomic mass is 9.80. The van der Waals surface area contributed by atoms with Gasteiger partial charge in [0.2, 0.25) is 0 Å². The quantitative estimate of drug-likeness (QED) is 0.529. The van der Waals surface area contributed by atoms with E-state index in [1.165, 1.54) is 29.4 Å². The summed E-state index contributed by atoms with van der Waals surface area (Å²) in [4.78, 5) is 18.8. The van der Waals surface area contributed by atoms with Gasteiger partial charge in [-0.1, -0.05) is 19.9 Å². The Morgan fingerprint density at radius 1 is 1.15 bits per heavy atom. The first-order chi connectivity index (χ1) is 15.5. The molecule has 0 N–H and O–H groups in total. The van der Waals surface area contributed by atoms with E-state index in [0.29, 0.717) is 22.6 Å². The second kappa shape index (κ2) is 9.33. The normalized spacial score (nSPS) is 11.5. The summed E-state index contributed by atoms with van der Waals surface area (Å²) in [5, 5.41) is 17.0. The predicted molar refractivity (Wildman–Crippen MR) is 123 cm³/mol. The lowest BCUT2D eigenvalue weighted by Crippen LogP contribution is -2.44. The maximum Gasteiger partial charge on any atom is 0.416 e. The second-order valence-corrected chi connectivity index (χ2v) is 9.27. The number of halogens is 1. The van der Waals surface area contributed by atoms with Crippen molar-refractivity contribution in [2.75, 3.05) is 11.4 Å². The Morgan fingerprint density at radius 2 is 1.91 bits per heavy atom. The molecule has 1 aromatic carbocycles. The molecule has 2 heterocycles. The van der Waals surface area contributed by atoms with Gasteiger partial charge in [-0.15, -0.1) is 5.10 Å². The van der Waals surface area contributed by atoms with Crippen LogP contribution in [-0.2, 0) is 10.2 Å². The summed E-state index contributed by atoms with van der Waals surface area (Å²) in [7, 11) is 0. The molecule has 0 saturated heterocycles. The summed E-state index contributed by atoms with van der Waals surface area (Å²) in [5.74, 6) is -0.0615. The molecule has 2 aromatic heterocycles. The van der Waals surface area contributed by atoms with Crippen LogP contribution in [0.15, 0.2) is 54.9 Å². The van der Waals surface area contributed by atoms with E-state index in [1.807, 2.05) is 19.9 Å². The van der Waals surface area contributed by atoms with Gasteiger partial charge in [-0.05, 0) is 62.7 Å². The molecule has 33 heavy (non-hydrogen) atoms. The Hall–Kier alpha value is -3.86. The fourth-order valence-corrected chi connectivity index (χ4v) is 3.41. The van der Waals surface area contributed by atoms with Crippen LogP contribution in [0.2, 0.25) is 0 Å². The maximum absolute atomic E-state index is 14.2. The lowest BCUT2D eigenvalue weighted by Gasteiger charge is -2.34. The van der Waals surface area contributed by atoms with Crippen LogP contribution >= 0.6 is 0 Å². The molecule has 0 spiro atoms. The number of aromatic nitrogens is 3. The Bertz CT molecular complexity index is 1170. The minimum Gasteiger partial charge on any atom is -0.443 e. The second-order valence-electron chi connectivity index (χ2n) is 9.27. The van der Waals surface area contributed by atoms with Gasteiger partial charge < -0.3 is 4.74 Å². The van der Waals surface area contributed by atoms with E-state index >= 15 is 0 Å². The van der Waals surface area contributed by atoms with Crippen LogP contribution in [0.1, 0.15) is 45.7 Å². The standard InChI is InChI=1S/C25H26FN5O2/c1-24(2,3)33-23(32)31(22-7-6-12-29-30-22)16-25(4,5)20-10-9-18(26)13-19(20)21-11-8-17(14-27)15-28-21/h6-13,15H,16H2,1-5H3. The lowest BCUT2D eigenvalue weighted by molar-refractivity contribution is 0.0572. The summed E-state index contributed by atoms with van der Waals surface area (Å²) in [6, 6.07) is 13.2. The van der Waals surface area contributed by atoms with Gasteiger partial charge in [-0.2, -0.15) is 10.4 Å². The molecule has 0 unspecified atom stereocenters. The van der Waals surface area contributed by atoms with E-state index in [2.05, 4.69) is 15.2 Å². The fourth-order valence-electron chi connectivity index (χ4n) is 3.41. The zero-order chi connectivity index (χ0) is 24.2. The van der Waals surface area contributed by atoms with Crippen molar-refractivity contribution < 1.29 is 13.9 Å². The van der Waals surface area contributed by atoms with E-state index in [-0.39, 0.29) is 6.54 Å². The predicted octanol–water partition coefficient (Wildman–Crippen LogP) is 5.27. The highest BCUT2D eigenvalue weighted by Crippen LogP contribution is 2.35. The van der Waals surface area contributed by atoms with Gasteiger partial charge >= 0.3 is 6.09 Å². The van der Waals surface area contributed by atoms with Gasteiger partial charge in [0.05, 0.1) is 11.3 Å². The van der Waals surface area contributed by atoms with E-state index in [9.17, 15) is 9.18 Å². The SMILES string of the molecule is CC(C)(C)OC(=O)N(CC(C)(C)c1ccc(F)cc1-c1ccc(C#N)cn1)c1cccnn1. The first kappa shape index (κ1) is 23.8. The summed E-state index contributed by atoms with van der Waals surface area (Å²) in [6.45, 7) is 9.45. The monoisotopic (exact) mass is 447 g/mol. The van der Waals surface area contributed by atoms with Crippen molar-refractivity contribution in [1.29, 1.82) is 5.26 Å². The Balaban J connectivity index is 2.04. The van der Waals surface area contributed by atoms with Crippen molar-refractivity contribution in [1.82, 2.24) is 15.2 Å². The molecular formula is C25H26FN5O2. The van der Waals surface area contributed by atoms with E-state index in [0.717, 1.165) is 5.56 Å². The highest BCUT2D eigenvalue weighted by atomic mass is 19.1. The highest BCUT2D eigenvalue weighted by molar-refractivity contribution is 5.87.